The average molecular weight is 288 g/mol. The normalized spacial score (nSPS) is 12.4. The molecule has 0 saturated carbocycles. The fraction of sp³-hybridized carbons (Fsp3) is 0.769. The van der Waals surface area contributed by atoms with Crippen LogP contribution in [-0.2, 0) is 14.3 Å². The Morgan fingerprint density at radius 3 is 2.35 bits per heavy atom. The molecule has 0 aromatic carbocycles. The predicted molar refractivity (Wildman–Crippen MR) is 73.3 cm³/mol. The molecule has 1 atom stereocenters. The molecule has 0 aliphatic rings. The molecule has 116 valence electrons. The smallest absolute Gasteiger partial charge is 0.326 e. The van der Waals surface area contributed by atoms with Crippen LogP contribution in [0.5, 0.6) is 0 Å². The maximum Gasteiger partial charge on any atom is 0.326 e. The molecule has 3 N–H and O–H groups in total. The number of hydrogen-bond acceptors (Lipinski definition) is 4. The van der Waals surface area contributed by atoms with Gasteiger partial charge in [-0.25, -0.2) is 9.59 Å². The van der Waals surface area contributed by atoms with E-state index >= 15 is 0 Å². The van der Waals surface area contributed by atoms with Crippen molar-refractivity contribution in [3.8, 4) is 0 Å². The number of ether oxygens (including phenoxy) is 1. The zero-order chi connectivity index (χ0) is 15.8. The molecule has 0 radical (unpaired) electrons. The molecule has 0 aromatic rings. The molecule has 7 heteroatoms. The van der Waals surface area contributed by atoms with E-state index in [1.807, 2.05) is 20.8 Å². The van der Waals surface area contributed by atoms with Gasteiger partial charge in [-0.05, 0) is 26.7 Å². The minimum absolute atomic E-state index is 0.0103. The second-order valence-corrected chi connectivity index (χ2v) is 5.24. The fourth-order valence-electron chi connectivity index (χ4n) is 1.81. The number of urea groups is 1. The van der Waals surface area contributed by atoms with Gasteiger partial charge in [0.2, 0.25) is 0 Å². The van der Waals surface area contributed by atoms with Crippen LogP contribution in [0.1, 0.15) is 46.5 Å². The molecule has 0 fully saturated rings. The molecular formula is C13H24N2O5. The minimum atomic E-state index is -1.18. The van der Waals surface area contributed by atoms with Gasteiger partial charge in [-0.3, -0.25) is 4.79 Å². The predicted octanol–water partition coefficient (Wildman–Crippen LogP) is 1.27. The fourth-order valence-corrected chi connectivity index (χ4v) is 1.81. The van der Waals surface area contributed by atoms with Gasteiger partial charge in [0.05, 0.1) is 7.11 Å². The number of rotatable bonds is 8. The topological polar surface area (TPSA) is 105 Å². The first kappa shape index (κ1) is 18.2. The number of amides is 2. The maximum atomic E-state index is 11.8. The summed E-state index contributed by atoms with van der Waals surface area (Å²) < 4.78 is 4.44. The van der Waals surface area contributed by atoms with Crippen LogP contribution in [0.25, 0.3) is 0 Å². The molecule has 7 nitrogen and oxygen atoms in total. The molecule has 0 spiro atoms. The van der Waals surface area contributed by atoms with Gasteiger partial charge in [0.1, 0.15) is 6.04 Å². The highest BCUT2D eigenvalue weighted by molar-refractivity contribution is 5.83. The van der Waals surface area contributed by atoms with E-state index in [2.05, 4.69) is 15.4 Å². The summed E-state index contributed by atoms with van der Waals surface area (Å²) in [5.74, 6) is -1.69. The first-order chi connectivity index (χ1) is 9.21. The molecule has 0 aliphatic carbocycles. The Morgan fingerprint density at radius 1 is 1.30 bits per heavy atom. The van der Waals surface area contributed by atoms with Crippen molar-refractivity contribution >= 4 is 18.0 Å². The van der Waals surface area contributed by atoms with Crippen molar-refractivity contribution in [3.05, 3.63) is 0 Å². The quantitative estimate of drug-likeness (QED) is 0.583. The van der Waals surface area contributed by atoms with Crippen LogP contribution in [0.4, 0.5) is 4.79 Å². The van der Waals surface area contributed by atoms with Crippen molar-refractivity contribution in [2.45, 2.75) is 58.0 Å². The molecule has 0 bridgehead atoms. The summed E-state index contributed by atoms with van der Waals surface area (Å²) in [6.45, 7) is 5.72. The highest BCUT2D eigenvalue weighted by Crippen LogP contribution is 2.10. The van der Waals surface area contributed by atoms with Crippen molar-refractivity contribution in [3.63, 3.8) is 0 Å². The lowest BCUT2D eigenvalue weighted by molar-refractivity contribution is -0.142. The van der Waals surface area contributed by atoms with Gasteiger partial charge in [-0.2, -0.15) is 0 Å². The summed E-state index contributed by atoms with van der Waals surface area (Å²) in [7, 11) is 1.23. The number of carboxylic acid groups (broad SMARTS) is 1. The van der Waals surface area contributed by atoms with Crippen LogP contribution in [0.2, 0.25) is 0 Å². The Bertz CT molecular complexity index is 355. The zero-order valence-electron chi connectivity index (χ0n) is 12.5. The summed E-state index contributed by atoms with van der Waals surface area (Å²) >= 11 is 0. The molecule has 0 heterocycles. The van der Waals surface area contributed by atoms with Crippen LogP contribution >= 0.6 is 0 Å². The van der Waals surface area contributed by atoms with E-state index in [1.54, 1.807) is 0 Å². The van der Waals surface area contributed by atoms with E-state index in [9.17, 15) is 14.4 Å². The van der Waals surface area contributed by atoms with Crippen molar-refractivity contribution < 1.29 is 24.2 Å². The maximum absolute atomic E-state index is 11.8. The van der Waals surface area contributed by atoms with Gasteiger partial charge in [-0.15, -0.1) is 0 Å². The molecule has 0 aromatic heterocycles. The highest BCUT2D eigenvalue weighted by Gasteiger charge is 2.24. The summed E-state index contributed by atoms with van der Waals surface area (Å²) in [6.07, 6.45) is 1.61. The number of carbonyl (C=O) groups excluding carboxylic acids is 2. The standard InChI is InChI=1S/C13H24N2O5/c1-5-8-13(2,3)15-12(19)14-9(11(17)18)6-7-10(16)20-4/h9H,5-8H2,1-4H3,(H,17,18)(H2,14,15,19)/t9-/m1/s1. The van der Waals surface area contributed by atoms with Crippen molar-refractivity contribution in [1.82, 2.24) is 10.6 Å². The number of methoxy groups -OCH3 is 1. The van der Waals surface area contributed by atoms with Crippen LogP contribution in [0.3, 0.4) is 0 Å². The van der Waals surface area contributed by atoms with Crippen LogP contribution in [0.15, 0.2) is 0 Å². The first-order valence-corrected chi connectivity index (χ1v) is 6.60. The Labute approximate surface area is 119 Å². The number of carbonyl (C=O) groups is 3. The molecule has 0 unspecified atom stereocenters. The Balaban J connectivity index is 4.41. The third-order valence-corrected chi connectivity index (χ3v) is 2.80. The van der Waals surface area contributed by atoms with Crippen LogP contribution in [0, 0.1) is 0 Å². The number of aliphatic carboxylic acids is 1. The Hall–Kier alpha value is -1.79. The van der Waals surface area contributed by atoms with Crippen LogP contribution < -0.4 is 10.6 Å². The van der Waals surface area contributed by atoms with Crippen molar-refractivity contribution in [1.29, 1.82) is 0 Å². The lowest BCUT2D eigenvalue weighted by Crippen LogP contribution is -2.52. The van der Waals surface area contributed by atoms with E-state index in [4.69, 9.17) is 5.11 Å². The molecule has 0 saturated heterocycles. The SMILES string of the molecule is CCCC(C)(C)NC(=O)N[C@H](CCC(=O)OC)C(=O)O. The van der Waals surface area contributed by atoms with Gasteiger partial charge in [0.15, 0.2) is 0 Å². The van der Waals surface area contributed by atoms with E-state index in [-0.39, 0.29) is 12.8 Å². The summed E-state index contributed by atoms with van der Waals surface area (Å²) in [4.78, 5) is 33.8. The van der Waals surface area contributed by atoms with E-state index in [1.165, 1.54) is 7.11 Å². The average Bonchev–Trinajstić information content (AvgIpc) is 2.32. The third-order valence-electron chi connectivity index (χ3n) is 2.80. The Kier molecular flexibility index (Phi) is 7.64. The number of carboxylic acids is 1. The lowest BCUT2D eigenvalue weighted by Gasteiger charge is -2.27. The van der Waals surface area contributed by atoms with Crippen molar-refractivity contribution in [2.75, 3.05) is 7.11 Å². The summed E-state index contributed by atoms with van der Waals surface area (Å²) in [5, 5.41) is 14.1. The molecule has 0 aliphatic heterocycles. The van der Waals surface area contributed by atoms with Gasteiger partial charge >= 0.3 is 18.0 Å². The van der Waals surface area contributed by atoms with Gasteiger partial charge in [-0.1, -0.05) is 13.3 Å². The molecule has 20 heavy (non-hydrogen) atoms. The van der Waals surface area contributed by atoms with E-state index in [0.717, 1.165) is 12.8 Å². The summed E-state index contributed by atoms with van der Waals surface area (Å²) in [6, 6.07) is -1.67. The third kappa shape index (κ3) is 7.60. The van der Waals surface area contributed by atoms with Gasteiger partial charge in [0.25, 0.3) is 0 Å². The number of esters is 1. The van der Waals surface area contributed by atoms with Crippen molar-refractivity contribution in [2.24, 2.45) is 0 Å². The van der Waals surface area contributed by atoms with Gasteiger partial charge in [0, 0.05) is 12.0 Å². The van der Waals surface area contributed by atoms with Crippen LogP contribution in [-0.4, -0.2) is 41.8 Å². The summed E-state index contributed by atoms with van der Waals surface area (Å²) in [5.41, 5.74) is -0.412. The van der Waals surface area contributed by atoms with Gasteiger partial charge < -0.3 is 20.5 Å². The minimum Gasteiger partial charge on any atom is -0.480 e. The zero-order valence-corrected chi connectivity index (χ0v) is 12.5. The second kappa shape index (κ2) is 8.39. The number of hydrogen-bond donors (Lipinski definition) is 3. The van der Waals surface area contributed by atoms with E-state index < -0.39 is 29.6 Å². The Morgan fingerprint density at radius 2 is 1.90 bits per heavy atom. The monoisotopic (exact) mass is 288 g/mol. The molecule has 0 rings (SSSR count). The van der Waals surface area contributed by atoms with E-state index in [0.29, 0.717) is 0 Å². The molecular weight excluding hydrogens is 264 g/mol. The largest absolute Gasteiger partial charge is 0.480 e. The lowest BCUT2D eigenvalue weighted by atomic mass is 9.99. The number of nitrogens with one attached hydrogen (secondary N) is 2. The second-order valence-electron chi connectivity index (χ2n) is 5.24. The first-order valence-electron chi connectivity index (χ1n) is 6.60. The highest BCUT2D eigenvalue weighted by atomic mass is 16.5. The molecule has 2 amide bonds.